The standard InChI is InChI=1S/C14H14FN3O5/c15-9-5-7(16-6-12(20)21)1-2-8(9)13(22)17-10-3-4-11(19)18-14(10)23/h1-2,5,10,16H,3-4,6H2,(H,17,22)(H,20,21)(H,18,19,23). The van der Waals surface area contributed by atoms with Crippen LogP contribution in [0.4, 0.5) is 10.1 Å². The predicted molar refractivity (Wildman–Crippen MR) is 76.2 cm³/mol. The minimum absolute atomic E-state index is 0.0945. The molecule has 1 aromatic carbocycles. The Hall–Kier alpha value is -2.97. The van der Waals surface area contributed by atoms with E-state index in [0.29, 0.717) is 0 Å². The van der Waals surface area contributed by atoms with E-state index in [9.17, 15) is 23.6 Å². The Morgan fingerprint density at radius 1 is 1.35 bits per heavy atom. The van der Waals surface area contributed by atoms with Crippen LogP contribution >= 0.6 is 0 Å². The summed E-state index contributed by atoms with van der Waals surface area (Å²) < 4.78 is 13.9. The Kier molecular flexibility index (Phi) is 4.89. The Balaban J connectivity index is 2.03. The molecule has 9 heteroatoms. The molecule has 1 saturated heterocycles. The monoisotopic (exact) mass is 323 g/mol. The van der Waals surface area contributed by atoms with Crippen molar-refractivity contribution >= 4 is 29.4 Å². The van der Waals surface area contributed by atoms with Crippen LogP contribution in [0.2, 0.25) is 0 Å². The number of carboxylic acids is 1. The zero-order chi connectivity index (χ0) is 17.0. The molecular weight excluding hydrogens is 309 g/mol. The number of nitrogens with one attached hydrogen (secondary N) is 3. The summed E-state index contributed by atoms with van der Waals surface area (Å²) in [4.78, 5) is 45.0. The summed E-state index contributed by atoms with van der Waals surface area (Å²) in [5, 5.41) is 15.4. The van der Waals surface area contributed by atoms with Crippen molar-refractivity contribution in [3.8, 4) is 0 Å². The van der Waals surface area contributed by atoms with Crippen LogP contribution in [0.5, 0.6) is 0 Å². The van der Waals surface area contributed by atoms with E-state index < -0.39 is 35.5 Å². The maximum atomic E-state index is 13.9. The highest BCUT2D eigenvalue weighted by Crippen LogP contribution is 2.15. The first-order chi connectivity index (χ1) is 10.9. The summed E-state index contributed by atoms with van der Waals surface area (Å²) in [6.07, 6.45) is 0.244. The SMILES string of the molecule is O=C(O)CNc1ccc(C(=O)NC2CCC(=O)NC2=O)c(F)c1. The Morgan fingerprint density at radius 3 is 2.70 bits per heavy atom. The van der Waals surface area contributed by atoms with Crippen molar-refractivity contribution in [2.24, 2.45) is 0 Å². The van der Waals surface area contributed by atoms with Gasteiger partial charge in [-0.15, -0.1) is 0 Å². The van der Waals surface area contributed by atoms with E-state index in [-0.39, 0.29) is 30.6 Å². The van der Waals surface area contributed by atoms with E-state index in [0.717, 1.165) is 6.07 Å². The van der Waals surface area contributed by atoms with Gasteiger partial charge in [-0.1, -0.05) is 0 Å². The van der Waals surface area contributed by atoms with E-state index in [2.05, 4.69) is 16.0 Å². The van der Waals surface area contributed by atoms with Gasteiger partial charge in [-0.2, -0.15) is 0 Å². The fraction of sp³-hybridized carbons (Fsp3) is 0.286. The second kappa shape index (κ2) is 6.86. The van der Waals surface area contributed by atoms with Gasteiger partial charge in [-0.05, 0) is 24.6 Å². The van der Waals surface area contributed by atoms with Crippen molar-refractivity contribution in [3.05, 3.63) is 29.6 Å². The lowest BCUT2D eigenvalue weighted by Crippen LogP contribution is -2.52. The molecule has 23 heavy (non-hydrogen) atoms. The molecule has 1 heterocycles. The van der Waals surface area contributed by atoms with E-state index in [1.165, 1.54) is 12.1 Å². The lowest BCUT2D eigenvalue weighted by atomic mass is 10.1. The van der Waals surface area contributed by atoms with Crippen LogP contribution in [-0.2, 0) is 14.4 Å². The molecule has 0 aromatic heterocycles. The lowest BCUT2D eigenvalue weighted by molar-refractivity contribution is -0.136. The van der Waals surface area contributed by atoms with Gasteiger partial charge in [-0.3, -0.25) is 24.5 Å². The number of carbonyl (C=O) groups is 4. The molecule has 1 atom stereocenters. The molecule has 1 aliphatic heterocycles. The number of hydrogen-bond acceptors (Lipinski definition) is 5. The zero-order valence-corrected chi connectivity index (χ0v) is 11.9. The normalized spacial score (nSPS) is 17.3. The van der Waals surface area contributed by atoms with Gasteiger partial charge < -0.3 is 15.7 Å². The van der Waals surface area contributed by atoms with Gasteiger partial charge in [0.25, 0.3) is 5.91 Å². The number of rotatable bonds is 5. The van der Waals surface area contributed by atoms with Crippen molar-refractivity contribution in [3.63, 3.8) is 0 Å². The van der Waals surface area contributed by atoms with Crippen molar-refractivity contribution in [2.45, 2.75) is 18.9 Å². The van der Waals surface area contributed by atoms with Crippen LogP contribution in [0.25, 0.3) is 0 Å². The van der Waals surface area contributed by atoms with Gasteiger partial charge in [0.1, 0.15) is 18.4 Å². The molecule has 0 aliphatic carbocycles. The summed E-state index contributed by atoms with van der Waals surface area (Å²) in [6.45, 7) is -0.388. The minimum atomic E-state index is -1.11. The summed E-state index contributed by atoms with van der Waals surface area (Å²) >= 11 is 0. The average Bonchev–Trinajstić information content (AvgIpc) is 2.48. The fourth-order valence-corrected chi connectivity index (χ4v) is 2.05. The highest BCUT2D eigenvalue weighted by molar-refractivity contribution is 6.03. The number of aliphatic carboxylic acids is 1. The largest absolute Gasteiger partial charge is 0.480 e. The summed E-state index contributed by atoms with van der Waals surface area (Å²) in [6, 6.07) is 2.62. The number of carboxylic acid groups (broad SMARTS) is 1. The van der Waals surface area contributed by atoms with Crippen molar-refractivity contribution in [2.75, 3.05) is 11.9 Å². The smallest absolute Gasteiger partial charge is 0.322 e. The third-order valence-electron chi connectivity index (χ3n) is 3.20. The number of piperidine rings is 1. The number of halogens is 1. The second-order valence-corrected chi connectivity index (χ2v) is 4.92. The minimum Gasteiger partial charge on any atom is -0.480 e. The Morgan fingerprint density at radius 2 is 2.09 bits per heavy atom. The first-order valence-electron chi connectivity index (χ1n) is 6.76. The van der Waals surface area contributed by atoms with Gasteiger partial charge in [-0.25, -0.2) is 4.39 Å². The quantitative estimate of drug-likeness (QED) is 0.559. The molecule has 0 spiro atoms. The van der Waals surface area contributed by atoms with Crippen molar-refractivity contribution < 1.29 is 28.7 Å². The molecule has 1 aromatic rings. The summed E-state index contributed by atoms with van der Waals surface area (Å²) in [5.41, 5.74) is -0.0713. The van der Waals surface area contributed by atoms with Crippen LogP contribution in [0, 0.1) is 5.82 Å². The van der Waals surface area contributed by atoms with E-state index in [1.807, 2.05) is 0 Å². The van der Waals surface area contributed by atoms with Crippen LogP contribution in [0.15, 0.2) is 18.2 Å². The molecule has 1 aliphatic rings. The zero-order valence-electron chi connectivity index (χ0n) is 11.9. The van der Waals surface area contributed by atoms with Crippen molar-refractivity contribution in [1.82, 2.24) is 10.6 Å². The summed E-state index contributed by atoms with van der Waals surface area (Å²) in [5.74, 6) is -3.80. The van der Waals surface area contributed by atoms with Crippen LogP contribution < -0.4 is 16.0 Å². The van der Waals surface area contributed by atoms with Gasteiger partial charge in [0.15, 0.2) is 0 Å². The lowest BCUT2D eigenvalue weighted by Gasteiger charge is -2.21. The molecule has 8 nitrogen and oxygen atoms in total. The third kappa shape index (κ3) is 4.25. The Labute approximate surface area is 130 Å². The molecule has 0 bridgehead atoms. The molecular formula is C14H14FN3O5. The maximum absolute atomic E-state index is 13.9. The summed E-state index contributed by atoms with van der Waals surface area (Å²) in [7, 11) is 0. The average molecular weight is 323 g/mol. The topological polar surface area (TPSA) is 125 Å². The number of benzene rings is 1. The van der Waals surface area contributed by atoms with Gasteiger partial charge >= 0.3 is 5.97 Å². The number of amides is 3. The van der Waals surface area contributed by atoms with Crippen LogP contribution in [0.3, 0.4) is 0 Å². The number of carbonyl (C=O) groups excluding carboxylic acids is 3. The molecule has 2 rings (SSSR count). The third-order valence-corrected chi connectivity index (χ3v) is 3.20. The molecule has 1 unspecified atom stereocenters. The van der Waals surface area contributed by atoms with E-state index in [4.69, 9.17) is 5.11 Å². The van der Waals surface area contributed by atoms with Gasteiger partial charge in [0.05, 0.1) is 5.56 Å². The first kappa shape index (κ1) is 16.4. The molecule has 4 N–H and O–H groups in total. The number of imide groups is 1. The van der Waals surface area contributed by atoms with Gasteiger partial charge in [0, 0.05) is 12.1 Å². The second-order valence-electron chi connectivity index (χ2n) is 4.92. The highest BCUT2D eigenvalue weighted by atomic mass is 19.1. The Bertz CT molecular complexity index is 676. The van der Waals surface area contributed by atoms with E-state index >= 15 is 0 Å². The maximum Gasteiger partial charge on any atom is 0.322 e. The highest BCUT2D eigenvalue weighted by Gasteiger charge is 2.28. The predicted octanol–water partition coefficient (Wildman–Crippen LogP) is -0.143. The molecule has 3 amide bonds. The fourth-order valence-electron chi connectivity index (χ4n) is 2.05. The van der Waals surface area contributed by atoms with Gasteiger partial charge in [0.2, 0.25) is 11.8 Å². The number of anilines is 1. The van der Waals surface area contributed by atoms with Crippen LogP contribution in [-0.4, -0.2) is 41.4 Å². The first-order valence-corrected chi connectivity index (χ1v) is 6.76. The molecule has 0 saturated carbocycles. The number of hydrogen-bond donors (Lipinski definition) is 4. The van der Waals surface area contributed by atoms with Crippen LogP contribution in [0.1, 0.15) is 23.2 Å². The molecule has 0 radical (unpaired) electrons. The molecule has 122 valence electrons. The van der Waals surface area contributed by atoms with E-state index in [1.54, 1.807) is 0 Å². The molecule has 1 fully saturated rings. The van der Waals surface area contributed by atoms with Crippen molar-refractivity contribution in [1.29, 1.82) is 0 Å².